The number of alkyl halides is 3. The first-order valence-electron chi connectivity index (χ1n) is 10.3. The Morgan fingerprint density at radius 2 is 1.97 bits per heavy atom. The van der Waals surface area contributed by atoms with Crippen LogP contribution in [-0.2, 0) is 24.6 Å². The molecule has 1 aliphatic heterocycles. The molecule has 1 aliphatic rings. The van der Waals surface area contributed by atoms with Gasteiger partial charge in [0.25, 0.3) is 0 Å². The lowest BCUT2D eigenvalue weighted by molar-refractivity contribution is -0.142. The summed E-state index contributed by atoms with van der Waals surface area (Å²) in [6, 6.07) is 2.76. The number of aromatic amines is 1. The first-order chi connectivity index (χ1) is 14.1. The van der Waals surface area contributed by atoms with Gasteiger partial charge in [-0.1, -0.05) is 27.7 Å². The molecule has 4 heterocycles. The summed E-state index contributed by atoms with van der Waals surface area (Å²) < 4.78 is 41.7. The van der Waals surface area contributed by atoms with E-state index in [9.17, 15) is 13.2 Å². The van der Waals surface area contributed by atoms with Gasteiger partial charge in [0, 0.05) is 35.0 Å². The number of fused-ring (bicyclic) bond motifs is 1. The van der Waals surface area contributed by atoms with E-state index in [0.29, 0.717) is 24.4 Å². The smallest absolute Gasteiger partial charge is 0.290 e. The number of aryl methyl sites for hydroxylation is 1. The molecule has 6 nitrogen and oxygen atoms in total. The van der Waals surface area contributed by atoms with Gasteiger partial charge in [0.2, 0.25) is 0 Å². The number of aromatic nitrogens is 5. The maximum atomic E-state index is 13.6. The topological polar surface area (TPSA) is 62.1 Å². The molecule has 3 aromatic rings. The second kappa shape index (κ2) is 7.37. The predicted molar refractivity (Wildman–Crippen MR) is 107 cm³/mol. The standard InChI is InChI=1S/C21H27F3N6/c1-5-14-9-17(21(22,23)24)30-18(26-14)10-15(28-30)16-7-6-8-29(16)12-13-11-25-27-19(13)20(2,3)4/h9-11,16H,5-8,12H2,1-4H3,(H,25,27). The number of hydrogen-bond donors (Lipinski definition) is 1. The molecule has 1 saturated heterocycles. The molecular formula is C21H27F3N6. The van der Waals surface area contributed by atoms with Gasteiger partial charge in [-0.3, -0.25) is 10.00 Å². The van der Waals surface area contributed by atoms with E-state index in [1.807, 2.05) is 6.20 Å². The van der Waals surface area contributed by atoms with Gasteiger partial charge in [0.05, 0.1) is 17.9 Å². The van der Waals surface area contributed by atoms with Gasteiger partial charge >= 0.3 is 6.18 Å². The summed E-state index contributed by atoms with van der Waals surface area (Å²) >= 11 is 0. The number of nitrogens with zero attached hydrogens (tertiary/aromatic N) is 5. The van der Waals surface area contributed by atoms with E-state index in [1.54, 1.807) is 13.0 Å². The molecular weight excluding hydrogens is 393 g/mol. The van der Waals surface area contributed by atoms with Crippen LogP contribution in [0.15, 0.2) is 18.3 Å². The van der Waals surface area contributed by atoms with Gasteiger partial charge in [-0.25, -0.2) is 9.50 Å². The monoisotopic (exact) mass is 420 g/mol. The zero-order chi connectivity index (χ0) is 21.7. The van der Waals surface area contributed by atoms with E-state index in [2.05, 4.69) is 46.0 Å². The van der Waals surface area contributed by atoms with Crippen molar-refractivity contribution in [3.05, 3.63) is 46.7 Å². The number of likely N-dealkylation sites (tertiary alicyclic amines) is 1. The van der Waals surface area contributed by atoms with Gasteiger partial charge in [-0.15, -0.1) is 0 Å². The number of hydrogen-bond acceptors (Lipinski definition) is 4. The molecule has 162 valence electrons. The summed E-state index contributed by atoms with van der Waals surface area (Å²) in [5.74, 6) is 0. The summed E-state index contributed by atoms with van der Waals surface area (Å²) in [5.41, 5.74) is 2.66. The van der Waals surface area contributed by atoms with Gasteiger partial charge in [-0.2, -0.15) is 23.4 Å². The molecule has 30 heavy (non-hydrogen) atoms. The second-order valence-corrected chi connectivity index (χ2v) is 8.97. The van der Waals surface area contributed by atoms with Crippen molar-refractivity contribution in [1.29, 1.82) is 0 Å². The Hall–Kier alpha value is -2.42. The van der Waals surface area contributed by atoms with Crippen LogP contribution in [0.25, 0.3) is 5.65 Å². The number of nitrogens with one attached hydrogen (secondary N) is 1. The van der Waals surface area contributed by atoms with Gasteiger partial charge in [-0.05, 0) is 31.9 Å². The minimum Gasteiger partial charge on any atom is -0.290 e. The SMILES string of the molecule is CCc1cc(C(F)(F)F)n2nc(C3CCCN3Cc3cn[nH]c3C(C)(C)C)cc2n1. The van der Waals surface area contributed by atoms with Gasteiger partial charge < -0.3 is 0 Å². The normalized spacial score (nSPS) is 18.6. The zero-order valence-electron chi connectivity index (χ0n) is 17.7. The molecule has 0 radical (unpaired) electrons. The quantitative estimate of drug-likeness (QED) is 0.666. The van der Waals surface area contributed by atoms with Gasteiger partial charge in [0.15, 0.2) is 5.65 Å². The van der Waals surface area contributed by atoms with E-state index in [1.165, 1.54) is 0 Å². The van der Waals surface area contributed by atoms with Crippen LogP contribution in [0, 0.1) is 0 Å². The first-order valence-corrected chi connectivity index (χ1v) is 10.3. The van der Waals surface area contributed by atoms with E-state index in [0.717, 1.165) is 41.2 Å². The van der Waals surface area contributed by atoms with Crippen molar-refractivity contribution in [1.82, 2.24) is 29.7 Å². The lowest BCUT2D eigenvalue weighted by Crippen LogP contribution is -2.25. The third kappa shape index (κ3) is 3.82. The Bertz CT molecular complexity index is 1040. The summed E-state index contributed by atoms with van der Waals surface area (Å²) in [5, 5.41) is 11.7. The van der Waals surface area contributed by atoms with Crippen molar-refractivity contribution >= 4 is 5.65 Å². The molecule has 0 aliphatic carbocycles. The highest BCUT2D eigenvalue weighted by Gasteiger charge is 2.36. The molecule has 0 spiro atoms. The summed E-state index contributed by atoms with van der Waals surface area (Å²) in [6.45, 7) is 9.73. The highest BCUT2D eigenvalue weighted by atomic mass is 19.4. The van der Waals surface area contributed by atoms with Crippen molar-refractivity contribution in [2.45, 2.75) is 71.1 Å². The fraction of sp³-hybridized carbons (Fsp3) is 0.571. The van der Waals surface area contributed by atoms with E-state index < -0.39 is 11.9 Å². The van der Waals surface area contributed by atoms with Gasteiger partial charge in [0.1, 0.15) is 5.69 Å². The highest BCUT2D eigenvalue weighted by Crippen LogP contribution is 2.36. The Labute approximate surface area is 173 Å². The number of H-pyrrole nitrogens is 1. The Morgan fingerprint density at radius 1 is 1.20 bits per heavy atom. The predicted octanol–water partition coefficient (Wildman–Crippen LogP) is 4.67. The van der Waals surface area contributed by atoms with Crippen LogP contribution in [0.4, 0.5) is 13.2 Å². The van der Waals surface area contributed by atoms with Crippen molar-refractivity contribution in [2.75, 3.05) is 6.54 Å². The maximum Gasteiger partial charge on any atom is 0.433 e. The van der Waals surface area contributed by atoms with Crippen LogP contribution in [0.5, 0.6) is 0 Å². The van der Waals surface area contributed by atoms with Crippen LogP contribution < -0.4 is 0 Å². The molecule has 9 heteroatoms. The minimum atomic E-state index is -4.48. The largest absolute Gasteiger partial charge is 0.433 e. The summed E-state index contributed by atoms with van der Waals surface area (Å²) in [6.07, 6.45) is -0.375. The number of rotatable bonds is 4. The Morgan fingerprint density at radius 3 is 2.63 bits per heavy atom. The molecule has 3 aromatic heterocycles. The lowest BCUT2D eigenvalue weighted by atomic mass is 9.89. The molecule has 1 N–H and O–H groups in total. The molecule has 0 amide bonds. The molecule has 0 saturated carbocycles. The summed E-state index contributed by atoms with van der Waals surface area (Å²) in [4.78, 5) is 6.65. The van der Waals surface area contributed by atoms with Crippen LogP contribution in [0.3, 0.4) is 0 Å². The van der Waals surface area contributed by atoms with Crippen LogP contribution >= 0.6 is 0 Å². The molecule has 4 rings (SSSR count). The van der Waals surface area contributed by atoms with E-state index >= 15 is 0 Å². The fourth-order valence-electron chi connectivity index (χ4n) is 4.24. The van der Waals surface area contributed by atoms with Crippen molar-refractivity contribution in [2.24, 2.45) is 0 Å². The zero-order valence-corrected chi connectivity index (χ0v) is 17.7. The molecule has 1 fully saturated rings. The van der Waals surface area contributed by atoms with Crippen molar-refractivity contribution in [3.63, 3.8) is 0 Å². The minimum absolute atomic E-state index is 0.0411. The summed E-state index contributed by atoms with van der Waals surface area (Å²) in [7, 11) is 0. The third-order valence-corrected chi connectivity index (χ3v) is 5.70. The Kier molecular flexibility index (Phi) is 5.12. The molecule has 0 bridgehead atoms. The number of halogens is 3. The van der Waals surface area contributed by atoms with Crippen molar-refractivity contribution in [3.8, 4) is 0 Å². The third-order valence-electron chi connectivity index (χ3n) is 5.70. The molecule has 1 atom stereocenters. The highest BCUT2D eigenvalue weighted by molar-refractivity contribution is 5.43. The van der Waals surface area contributed by atoms with Crippen LogP contribution in [0.1, 0.15) is 74.9 Å². The fourth-order valence-corrected chi connectivity index (χ4v) is 4.24. The molecule has 0 aromatic carbocycles. The maximum absolute atomic E-state index is 13.6. The first kappa shape index (κ1) is 20.8. The van der Waals surface area contributed by atoms with Crippen LogP contribution in [-0.4, -0.2) is 36.2 Å². The lowest BCUT2D eigenvalue weighted by Gasteiger charge is -2.25. The average molecular weight is 420 g/mol. The van der Waals surface area contributed by atoms with Crippen LogP contribution in [0.2, 0.25) is 0 Å². The van der Waals surface area contributed by atoms with Crippen molar-refractivity contribution < 1.29 is 13.2 Å². The van der Waals surface area contributed by atoms with E-state index in [-0.39, 0.29) is 17.1 Å². The Balaban J connectivity index is 1.69. The average Bonchev–Trinajstić information content (AvgIpc) is 3.38. The van der Waals surface area contributed by atoms with E-state index in [4.69, 9.17) is 0 Å². The molecule has 1 unspecified atom stereocenters. The second-order valence-electron chi connectivity index (χ2n) is 8.97.